The Hall–Kier alpha value is -0.250. The van der Waals surface area contributed by atoms with Gasteiger partial charge in [0.05, 0.1) is 6.61 Å². The Morgan fingerprint density at radius 3 is 3.06 bits per heavy atom. The maximum atomic E-state index is 6.12. The molecule has 17 heavy (non-hydrogen) atoms. The molecule has 1 aliphatic heterocycles. The van der Waals surface area contributed by atoms with Gasteiger partial charge in [-0.05, 0) is 59.3 Å². The van der Waals surface area contributed by atoms with Crippen LogP contribution in [0.5, 0.6) is 0 Å². The van der Waals surface area contributed by atoms with Gasteiger partial charge in [0.15, 0.2) is 0 Å². The minimum Gasteiger partial charge on any atom is -0.384 e. The molecule has 1 saturated heterocycles. The minimum absolute atomic E-state index is 0.607. The van der Waals surface area contributed by atoms with Gasteiger partial charge in [-0.25, -0.2) is 0 Å². The number of rotatable bonds is 3. The number of anilines is 1. The molecule has 0 saturated carbocycles. The van der Waals surface area contributed by atoms with Crippen molar-refractivity contribution in [2.75, 3.05) is 25.1 Å². The van der Waals surface area contributed by atoms with Gasteiger partial charge in [0.1, 0.15) is 0 Å². The molecule has 1 unspecified atom stereocenters. The lowest BCUT2D eigenvalue weighted by atomic mass is 10.0. The molecule has 1 aliphatic rings. The van der Waals surface area contributed by atoms with E-state index in [0.717, 1.165) is 40.5 Å². The topological polar surface area (TPSA) is 21.3 Å². The van der Waals surface area contributed by atoms with Crippen LogP contribution in [0.15, 0.2) is 16.6 Å². The number of aryl methyl sites for hydroxylation is 1. The second-order valence-corrected chi connectivity index (χ2v) is 5.81. The van der Waals surface area contributed by atoms with Crippen molar-refractivity contribution in [2.24, 2.45) is 5.92 Å². The number of ether oxygens (including phenoxy) is 1. The molecule has 4 heteroatoms. The van der Waals surface area contributed by atoms with Gasteiger partial charge in [-0.15, -0.1) is 0 Å². The SMILES string of the molecule is Cc1cc(Br)c(NCC2CCCOC2)cc1Cl. The Kier molecular flexibility index (Phi) is 4.71. The number of halogens is 2. The Balaban J connectivity index is 1.96. The van der Waals surface area contributed by atoms with Crippen LogP contribution < -0.4 is 5.32 Å². The molecule has 2 nitrogen and oxygen atoms in total. The Morgan fingerprint density at radius 1 is 1.53 bits per heavy atom. The third-order valence-corrected chi connectivity index (χ3v) is 4.15. The molecule has 1 atom stereocenters. The van der Waals surface area contributed by atoms with E-state index in [2.05, 4.69) is 21.2 Å². The predicted molar refractivity (Wildman–Crippen MR) is 75.9 cm³/mol. The summed E-state index contributed by atoms with van der Waals surface area (Å²) >= 11 is 9.68. The van der Waals surface area contributed by atoms with Gasteiger partial charge < -0.3 is 10.1 Å². The largest absolute Gasteiger partial charge is 0.384 e. The molecule has 1 N–H and O–H groups in total. The predicted octanol–water partition coefficient (Wildman–Crippen LogP) is 4.25. The van der Waals surface area contributed by atoms with Crippen molar-refractivity contribution in [3.63, 3.8) is 0 Å². The molecule has 1 aromatic carbocycles. The van der Waals surface area contributed by atoms with Crippen molar-refractivity contribution in [1.29, 1.82) is 0 Å². The van der Waals surface area contributed by atoms with Crippen LogP contribution in [-0.4, -0.2) is 19.8 Å². The van der Waals surface area contributed by atoms with E-state index >= 15 is 0 Å². The summed E-state index contributed by atoms with van der Waals surface area (Å²) in [5, 5.41) is 4.24. The summed E-state index contributed by atoms with van der Waals surface area (Å²) < 4.78 is 6.53. The standard InChI is InChI=1S/C13H17BrClNO/c1-9-5-11(14)13(6-12(9)15)16-7-10-3-2-4-17-8-10/h5-6,10,16H,2-4,7-8H2,1H3. The summed E-state index contributed by atoms with van der Waals surface area (Å²) in [5.74, 6) is 0.607. The number of hydrogen-bond donors (Lipinski definition) is 1. The van der Waals surface area contributed by atoms with Crippen LogP contribution in [0.3, 0.4) is 0 Å². The molecule has 94 valence electrons. The minimum atomic E-state index is 0.607. The fourth-order valence-electron chi connectivity index (χ4n) is 2.00. The third-order valence-electron chi connectivity index (χ3n) is 3.08. The summed E-state index contributed by atoms with van der Waals surface area (Å²) in [7, 11) is 0. The van der Waals surface area contributed by atoms with Crippen LogP contribution in [0.25, 0.3) is 0 Å². The highest BCUT2D eigenvalue weighted by Gasteiger charge is 2.14. The molecule has 0 spiro atoms. The van der Waals surface area contributed by atoms with E-state index in [1.165, 1.54) is 12.8 Å². The lowest BCUT2D eigenvalue weighted by Crippen LogP contribution is -2.24. The number of nitrogens with one attached hydrogen (secondary N) is 1. The van der Waals surface area contributed by atoms with Crippen molar-refractivity contribution < 1.29 is 4.74 Å². The molecular formula is C13H17BrClNO. The average Bonchev–Trinajstić information content (AvgIpc) is 2.33. The first kappa shape index (κ1) is 13.2. The van der Waals surface area contributed by atoms with E-state index in [1.54, 1.807) is 0 Å². The molecule has 0 radical (unpaired) electrons. The summed E-state index contributed by atoms with van der Waals surface area (Å²) in [4.78, 5) is 0. The second kappa shape index (κ2) is 6.07. The zero-order valence-electron chi connectivity index (χ0n) is 9.93. The van der Waals surface area contributed by atoms with Crippen molar-refractivity contribution in [3.05, 3.63) is 27.2 Å². The third kappa shape index (κ3) is 3.60. The highest BCUT2D eigenvalue weighted by atomic mass is 79.9. The Labute approximate surface area is 116 Å². The van der Waals surface area contributed by atoms with Crippen molar-refractivity contribution in [2.45, 2.75) is 19.8 Å². The van der Waals surface area contributed by atoms with Gasteiger partial charge in [0.25, 0.3) is 0 Å². The Bertz CT molecular complexity index is 391. The zero-order valence-corrected chi connectivity index (χ0v) is 12.3. The van der Waals surface area contributed by atoms with Crippen LogP contribution in [0, 0.1) is 12.8 Å². The van der Waals surface area contributed by atoms with Gasteiger partial charge in [0, 0.05) is 28.3 Å². The summed E-state index contributed by atoms with van der Waals surface area (Å²) in [6.45, 7) is 4.73. The Morgan fingerprint density at radius 2 is 2.35 bits per heavy atom. The first-order chi connectivity index (χ1) is 8.16. The van der Waals surface area contributed by atoms with E-state index in [1.807, 2.05) is 19.1 Å². The molecule has 2 rings (SSSR count). The number of hydrogen-bond acceptors (Lipinski definition) is 2. The molecule has 0 amide bonds. The zero-order chi connectivity index (χ0) is 12.3. The molecule has 1 fully saturated rings. The van der Waals surface area contributed by atoms with Crippen LogP contribution in [0.2, 0.25) is 5.02 Å². The lowest BCUT2D eigenvalue weighted by molar-refractivity contribution is 0.0595. The van der Waals surface area contributed by atoms with Crippen molar-refractivity contribution in [3.8, 4) is 0 Å². The maximum absolute atomic E-state index is 6.12. The van der Waals surface area contributed by atoms with E-state index in [-0.39, 0.29) is 0 Å². The van der Waals surface area contributed by atoms with E-state index in [0.29, 0.717) is 5.92 Å². The first-order valence-corrected chi connectivity index (χ1v) is 7.11. The van der Waals surface area contributed by atoms with E-state index < -0.39 is 0 Å². The fourth-order valence-corrected chi connectivity index (χ4v) is 2.77. The summed E-state index contributed by atoms with van der Waals surface area (Å²) in [6, 6.07) is 4.02. The van der Waals surface area contributed by atoms with Crippen LogP contribution in [0.4, 0.5) is 5.69 Å². The average molecular weight is 319 g/mol. The highest BCUT2D eigenvalue weighted by molar-refractivity contribution is 9.10. The van der Waals surface area contributed by atoms with Crippen molar-refractivity contribution >= 4 is 33.2 Å². The highest BCUT2D eigenvalue weighted by Crippen LogP contribution is 2.29. The smallest absolute Gasteiger partial charge is 0.0511 e. The maximum Gasteiger partial charge on any atom is 0.0511 e. The number of benzene rings is 1. The monoisotopic (exact) mass is 317 g/mol. The molecule has 0 aliphatic carbocycles. The van der Waals surface area contributed by atoms with Gasteiger partial charge in [-0.2, -0.15) is 0 Å². The second-order valence-electron chi connectivity index (χ2n) is 4.55. The van der Waals surface area contributed by atoms with Crippen LogP contribution in [-0.2, 0) is 4.74 Å². The van der Waals surface area contributed by atoms with Gasteiger partial charge in [0.2, 0.25) is 0 Å². The van der Waals surface area contributed by atoms with Crippen LogP contribution in [0.1, 0.15) is 18.4 Å². The van der Waals surface area contributed by atoms with E-state index in [9.17, 15) is 0 Å². The molecule has 1 heterocycles. The molecule has 0 aromatic heterocycles. The lowest BCUT2D eigenvalue weighted by Gasteiger charge is -2.23. The van der Waals surface area contributed by atoms with Gasteiger partial charge in [-0.1, -0.05) is 11.6 Å². The van der Waals surface area contributed by atoms with E-state index in [4.69, 9.17) is 16.3 Å². The summed E-state index contributed by atoms with van der Waals surface area (Å²) in [6.07, 6.45) is 2.41. The van der Waals surface area contributed by atoms with Crippen LogP contribution >= 0.6 is 27.5 Å². The molecular weight excluding hydrogens is 302 g/mol. The fraction of sp³-hybridized carbons (Fsp3) is 0.538. The normalized spacial score (nSPS) is 20.3. The quantitative estimate of drug-likeness (QED) is 0.899. The molecule has 0 bridgehead atoms. The van der Waals surface area contributed by atoms with Gasteiger partial charge >= 0.3 is 0 Å². The summed E-state index contributed by atoms with van der Waals surface area (Å²) in [5.41, 5.74) is 2.15. The van der Waals surface area contributed by atoms with Crippen molar-refractivity contribution in [1.82, 2.24) is 0 Å². The first-order valence-electron chi connectivity index (χ1n) is 5.94. The molecule has 1 aromatic rings. The van der Waals surface area contributed by atoms with Gasteiger partial charge in [-0.3, -0.25) is 0 Å².